The molecule has 0 saturated carbocycles. The molecular formula is C6H14Cl2FN2O2P. The fourth-order valence-electron chi connectivity index (χ4n) is 0.866. The standard InChI is InChI=1S/C6H14Cl2FN2O2P/c7-1-5-11(6-2-8)14(12,13)10-4-3-9/h1-6H2,(H2,10,12,13). The topological polar surface area (TPSA) is 52.6 Å². The van der Waals surface area contributed by atoms with Gasteiger partial charge in [-0.2, -0.15) is 0 Å². The van der Waals surface area contributed by atoms with E-state index < -0.39 is 14.3 Å². The van der Waals surface area contributed by atoms with Crippen LogP contribution in [0.5, 0.6) is 0 Å². The van der Waals surface area contributed by atoms with Crippen LogP contribution in [0.3, 0.4) is 0 Å². The Bertz CT molecular complexity index is 193. The Kier molecular flexibility index (Phi) is 8.20. The SMILES string of the molecule is O=P(O)(NCCF)N(CCCl)CCCl. The number of alkyl halides is 3. The molecule has 4 nitrogen and oxygen atoms in total. The van der Waals surface area contributed by atoms with Crippen LogP contribution in [0.2, 0.25) is 0 Å². The van der Waals surface area contributed by atoms with E-state index >= 15 is 0 Å². The molecule has 0 amide bonds. The summed E-state index contributed by atoms with van der Waals surface area (Å²) in [5.74, 6) is 0.442. The molecular weight excluding hydrogens is 253 g/mol. The van der Waals surface area contributed by atoms with Gasteiger partial charge in [-0.3, -0.25) is 4.57 Å². The second-order valence-corrected chi connectivity index (χ2v) is 5.20. The zero-order valence-electron chi connectivity index (χ0n) is 7.63. The van der Waals surface area contributed by atoms with E-state index in [4.69, 9.17) is 23.2 Å². The number of hydrogen-bond acceptors (Lipinski definition) is 1. The van der Waals surface area contributed by atoms with Crippen LogP contribution in [0.15, 0.2) is 0 Å². The molecule has 1 atom stereocenters. The number of nitrogens with one attached hydrogen (secondary N) is 1. The zero-order valence-corrected chi connectivity index (χ0v) is 10.0. The molecule has 0 rings (SSSR count). The third-order valence-corrected chi connectivity index (χ3v) is 3.62. The molecule has 86 valence electrons. The highest BCUT2D eigenvalue weighted by Gasteiger charge is 2.26. The lowest BCUT2D eigenvalue weighted by atomic mass is 10.6. The first-order valence-corrected chi connectivity index (χ1v) is 6.78. The maximum atomic E-state index is 11.8. The zero-order chi connectivity index (χ0) is 11.0. The highest BCUT2D eigenvalue weighted by Crippen LogP contribution is 2.39. The van der Waals surface area contributed by atoms with Crippen molar-refractivity contribution in [3.05, 3.63) is 0 Å². The van der Waals surface area contributed by atoms with Crippen molar-refractivity contribution in [3.8, 4) is 0 Å². The predicted molar refractivity (Wildman–Crippen MR) is 56.8 cm³/mol. The second kappa shape index (κ2) is 7.85. The maximum Gasteiger partial charge on any atom is 0.341 e. The summed E-state index contributed by atoms with van der Waals surface area (Å²) in [6.07, 6.45) is 0. The van der Waals surface area contributed by atoms with Crippen molar-refractivity contribution in [1.82, 2.24) is 9.76 Å². The van der Waals surface area contributed by atoms with Crippen LogP contribution in [0.4, 0.5) is 4.39 Å². The summed E-state index contributed by atoms with van der Waals surface area (Å²) in [6.45, 7) is -0.377. The first-order chi connectivity index (χ1) is 6.58. The average Bonchev–Trinajstić information content (AvgIpc) is 2.14. The second-order valence-electron chi connectivity index (χ2n) is 2.47. The molecule has 14 heavy (non-hydrogen) atoms. The summed E-state index contributed by atoms with van der Waals surface area (Å²) >= 11 is 10.9. The molecule has 0 aromatic heterocycles. The Morgan fingerprint density at radius 3 is 2.21 bits per heavy atom. The predicted octanol–water partition coefficient (Wildman–Crippen LogP) is 1.43. The lowest BCUT2D eigenvalue weighted by Gasteiger charge is -2.25. The van der Waals surface area contributed by atoms with Gasteiger partial charge in [-0.1, -0.05) is 0 Å². The van der Waals surface area contributed by atoms with Gasteiger partial charge in [-0.25, -0.2) is 14.1 Å². The van der Waals surface area contributed by atoms with E-state index in [0.717, 1.165) is 0 Å². The third kappa shape index (κ3) is 5.49. The van der Waals surface area contributed by atoms with Crippen LogP contribution >= 0.6 is 30.9 Å². The largest absolute Gasteiger partial charge is 0.341 e. The molecule has 0 radical (unpaired) electrons. The van der Waals surface area contributed by atoms with Crippen LogP contribution < -0.4 is 5.09 Å². The number of halogens is 3. The molecule has 2 N–H and O–H groups in total. The van der Waals surface area contributed by atoms with Gasteiger partial charge in [0.1, 0.15) is 6.67 Å². The fourth-order valence-corrected chi connectivity index (χ4v) is 2.83. The molecule has 8 heteroatoms. The van der Waals surface area contributed by atoms with Gasteiger partial charge in [0, 0.05) is 31.4 Å². The molecule has 0 bridgehead atoms. The van der Waals surface area contributed by atoms with E-state index in [1.54, 1.807) is 0 Å². The molecule has 0 heterocycles. The fraction of sp³-hybridized carbons (Fsp3) is 1.00. The molecule has 0 spiro atoms. The van der Waals surface area contributed by atoms with Gasteiger partial charge in [0.25, 0.3) is 0 Å². The Labute approximate surface area is 92.9 Å². The van der Waals surface area contributed by atoms with Gasteiger partial charge in [0.2, 0.25) is 0 Å². The van der Waals surface area contributed by atoms with Gasteiger partial charge in [-0.05, 0) is 0 Å². The first kappa shape index (κ1) is 14.6. The van der Waals surface area contributed by atoms with Crippen LogP contribution in [0, 0.1) is 0 Å². The van der Waals surface area contributed by atoms with Crippen molar-refractivity contribution in [2.24, 2.45) is 0 Å². The Morgan fingerprint density at radius 1 is 1.36 bits per heavy atom. The van der Waals surface area contributed by atoms with Crippen molar-refractivity contribution in [2.75, 3.05) is 38.1 Å². The normalized spacial score (nSPS) is 15.8. The van der Waals surface area contributed by atoms with Crippen molar-refractivity contribution in [2.45, 2.75) is 0 Å². The Morgan fingerprint density at radius 2 is 1.86 bits per heavy atom. The van der Waals surface area contributed by atoms with Crippen LogP contribution in [0.25, 0.3) is 0 Å². The molecule has 0 fully saturated rings. The van der Waals surface area contributed by atoms with Gasteiger partial charge in [0.15, 0.2) is 0 Å². The highest BCUT2D eigenvalue weighted by atomic mass is 35.5. The number of rotatable bonds is 8. The Balaban J connectivity index is 4.21. The molecule has 0 saturated heterocycles. The lowest BCUT2D eigenvalue weighted by Crippen LogP contribution is -2.32. The van der Waals surface area contributed by atoms with Crippen molar-refractivity contribution in [1.29, 1.82) is 0 Å². The lowest BCUT2D eigenvalue weighted by molar-refractivity contribution is 0.349. The van der Waals surface area contributed by atoms with E-state index in [-0.39, 0.29) is 31.4 Å². The molecule has 0 aliphatic rings. The summed E-state index contributed by atoms with van der Waals surface area (Å²) in [5.41, 5.74) is 0. The van der Waals surface area contributed by atoms with Crippen LogP contribution in [-0.2, 0) is 4.57 Å². The molecule has 0 aromatic carbocycles. The van der Waals surface area contributed by atoms with Crippen LogP contribution in [0.1, 0.15) is 0 Å². The maximum absolute atomic E-state index is 11.8. The van der Waals surface area contributed by atoms with E-state index in [1.165, 1.54) is 4.67 Å². The molecule has 0 aliphatic heterocycles. The molecule has 0 aliphatic carbocycles. The van der Waals surface area contributed by atoms with E-state index in [9.17, 15) is 13.8 Å². The summed E-state index contributed by atoms with van der Waals surface area (Å²) < 4.78 is 24.6. The van der Waals surface area contributed by atoms with Gasteiger partial charge < -0.3 is 4.89 Å². The van der Waals surface area contributed by atoms with Gasteiger partial charge >= 0.3 is 7.67 Å². The molecule has 0 aromatic rings. The summed E-state index contributed by atoms with van der Waals surface area (Å²) in [6, 6.07) is 0. The number of nitrogens with zero attached hydrogens (tertiary/aromatic N) is 1. The molecule has 1 unspecified atom stereocenters. The summed E-state index contributed by atoms with van der Waals surface area (Å²) in [5, 5.41) is 2.22. The van der Waals surface area contributed by atoms with Crippen molar-refractivity contribution in [3.63, 3.8) is 0 Å². The minimum Gasteiger partial charge on any atom is -0.322 e. The Hall–Kier alpha value is 0.620. The highest BCUT2D eigenvalue weighted by molar-refractivity contribution is 7.53. The minimum absolute atomic E-state index is 0.158. The van der Waals surface area contributed by atoms with Crippen LogP contribution in [-0.4, -0.2) is 47.6 Å². The van der Waals surface area contributed by atoms with Crippen molar-refractivity contribution >= 4 is 30.9 Å². The monoisotopic (exact) mass is 266 g/mol. The summed E-state index contributed by atoms with van der Waals surface area (Å²) in [4.78, 5) is 9.45. The van der Waals surface area contributed by atoms with Gasteiger partial charge in [0.05, 0.1) is 0 Å². The average molecular weight is 267 g/mol. The third-order valence-electron chi connectivity index (χ3n) is 1.48. The number of hydrogen-bond donors (Lipinski definition) is 2. The first-order valence-electron chi connectivity index (χ1n) is 4.09. The van der Waals surface area contributed by atoms with E-state index in [0.29, 0.717) is 0 Å². The summed E-state index contributed by atoms with van der Waals surface area (Å²) in [7, 11) is -3.68. The minimum atomic E-state index is -3.68. The van der Waals surface area contributed by atoms with Gasteiger partial charge in [-0.15, -0.1) is 23.2 Å². The van der Waals surface area contributed by atoms with E-state index in [1.807, 2.05) is 0 Å². The van der Waals surface area contributed by atoms with Crippen molar-refractivity contribution < 1.29 is 13.8 Å². The quantitative estimate of drug-likeness (QED) is 0.516. The smallest absolute Gasteiger partial charge is 0.322 e. The van der Waals surface area contributed by atoms with E-state index in [2.05, 4.69) is 5.09 Å².